The Kier molecular flexibility index (Phi) is 4.05. The van der Waals surface area contributed by atoms with Gasteiger partial charge in [-0.15, -0.1) is 0 Å². The van der Waals surface area contributed by atoms with Gasteiger partial charge in [-0.2, -0.15) is 0 Å². The zero-order valence-electron chi connectivity index (χ0n) is 11.6. The predicted octanol–water partition coefficient (Wildman–Crippen LogP) is 6.32. The molecular weight excluding hydrogens is 301 g/mol. The second kappa shape index (κ2) is 5.97. The first-order chi connectivity index (χ1) is 10.1. The van der Waals surface area contributed by atoms with Crippen LogP contribution in [0.5, 0.6) is 0 Å². The van der Waals surface area contributed by atoms with Crippen molar-refractivity contribution >= 4 is 39.7 Å². The lowest BCUT2D eigenvalue weighted by molar-refractivity contribution is 0.885. The maximum Gasteiger partial charge on any atom is 0.0644 e. The van der Waals surface area contributed by atoms with Crippen molar-refractivity contribution in [3.63, 3.8) is 0 Å². The molecule has 1 atom stereocenters. The van der Waals surface area contributed by atoms with E-state index in [1.54, 1.807) is 6.07 Å². The number of benzene rings is 3. The highest BCUT2D eigenvalue weighted by Crippen LogP contribution is 2.32. The molecule has 106 valence electrons. The van der Waals surface area contributed by atoms with Crippen LogP contribution in [0.15, 0.2) is 60.7 Å². The highest BCUT2D eigenvalue weighted by Gasteiger charge is 2.11. The normalized spacial score (nSPS) is 12.3. The molecule has 0 bridgehead atoms. The van der Waals surface area contributed by atoms with Gasteiger partial charge in [0.15, 0.2) is 0 Å². The summed E-state index contributed by atoms with van der Waals surface area (Å²) >= 11 is 12.4. The maximum absolute atomic E-state index is 6.28. The first kappa shape index (κ1) is 14.2. The average Bonchev–Trinajstić information content (AvgIpc) is 2.50. The minimum Gasteiger partial charge on any atom is -0.378 e. The van der Waals surface area contributed by atoms with Crippen molar-refractivity contribution in [3.05, 3.63) is 76.3 Å². The largest absolute Gasteiger partial charge is 0.378 e. The molecule has 0 aromatic heterocycles. The molecule has 0 aliphatic rings. The molecule has 0 heterocycles. The molecule has 0 saturated carbocycles. The number of nitrogens with one attached hydrogen (secondary N) is 1. The predicted molar refractivity (Wildman–Crippen MR) is 92.4 cm³/mol. The first-order valence-electron chi connectivity index (χ1n) is 6.84. The summed E-state index contributed by atoms with van der Waals surface area (Å²) in [6, 6.07) is 20.4. The van der Waals surface area contributed by atoms with E-state index in [9.17, 15) is 0 Å². The van der Waals surface area contributed by atoms with Gasteiger partial charge in [-0.3, -0.25) is 0 Å². The van der Waals surface area contributed by atoms with E-state index in [1.165, 1.54) is 10.8 Å². The lowest BCUT2D eigenvalue weighted by atomic mass is 10.1. The lowest BCUT2D eigenvalue weighted by Gasteiger charge is -2.18. The van der Waals surface area contributed by atoms with Crippen LogP contribution in [0, 0.1) is 0 Å². The molecule has 3 heteroatoms. The Balaban J connectivity index is 1.89. The van der Waals surface area contributed by atoms with Gasteiger partial charge in [-0.1, -0.05) is 65.7 Å². The van der Waals surface area contributed by atoms with Crippen molar-refractivity contribution in [2.24, 2.45) is 0 Å². The van der Waals surface area contributed by atoms with E-state index in [1.807, 2.05) is 24.3 Å². The molecule has 0 saturated heterocycles. The van der Waals surface area contributed by atoms with E-state index >= 15 is 0 Å². The van der Waals surface area contributed by atoms with E-state index in [2.05, 4.69) is 42.6 Å². The smallest absolute Gasteiger partial charge is 0.0644 e. The Bertz CT molecular complexity index is 783. The van der Waals surface area contributed by atoms with Gasteiger partial charge in [0.1, 0.15) is 0 Å². The quantitative estimate of drug-likeness (QED) is 0.596. The van der Waals surface area contributed by atoms with Crippen molar-refractivity contribution in [2.75, 3.05) is 5.32 Å². The molecule has 1 nitrogen and oxygen atoms in total. The van der Waals surface area contributed by atoms with Gasteiger partial charge < -0.3 is 5.32 Å². The Labute approximate surface area is 134 Å². The molecule has 0 aliphatic carbocycles. The molecule has 0 fully saturated rings. The first-order valence-corrected chi connectivity index (χ1v) is 7.60. The molecule has 0 radical (unpaired) electrons. The zero-order valence-corrected chi connectivity index (χ0v) is 13.1. The third-order valence-corrected chi connectivity index (χ3v) is 4.41. The highest BCUT2D eigenvalue weighted by molar-refractivity contribution is 6.42. The van der Waals surface area contributed by atoms with Crippen LogP contribution in [-0.4, -0.2) is 0 Å². The number of halogens is 2. The summed E-state index contributed by atoms with van der Waals surface area (Å²) in [7, 11) is 0. The molecular formula is C18H15Cl2N. The molecule has 1 N–H and O–H groups in total. The molecule has 1 unspecified atom stereocenters. The summed E-state index contributed by atoms with van der Waals surface area (Å²) in [6.07, 6.45) is 0. The topological polar surface area (TPSA) is 12.0 Å². The standard InChI is InChI=1S/C18H15Cl2N/c1-12(16-7-4-8-17(19)18(16)20)21-15-10-9-13-5-2-3-6-14(13)11-15/h2-12,21H,1H3. The summed E-state index contributed by atoms with van der Waals surface area (Å²) in [5.74, 6) is 0. The van der Waals surface area contributed by atoms with Crippen LogP contribution in [0.1, 0.15) is 18.5 Å². The van der Waals surface area contributed by atoms with Crippen LogP contribution in [-0.2, 0) is 0 Å². The van der Waals surface area contributed by atoms with E-state index in [-0.39, 0.29) is 6.04 Å². The SMILES string of the molecule is CC(Nc1ccc2ccccc2c1)c1cccc(Cl)c1Cl. The van der Waals surface area contributed by atoms with Crippen molar-refractivity contribution in [2.45, 2.75) is 13.0 Å². The Morgan fingerprint density at radius 3 is 2.43 bits per heavy atom. The maximum atomic E-state index is 6.28. The minimum atomic E-state index is 0.0809. The fraction of sp³-hybridized carbons (Fsp3) is 0.111. The van der Waals surface area contributed by atoms with E-state index < -0.39 is 0 Å². The van der Waals surface area contributed by atoms with Crippen LogP contribution >= 0.6 is 23.2 Å². The number of hydrogen-bond donors (Lipinski definition) is 1. The number of rotatable bonds is 3. The van der Waals surface area contributed by atoms with Crippen LogP contribution in [0.25, 0.3) is 10.8 Å². The summed E-state index contributed by atoms with van der Waals surface area (Å²) in [6.45, 7) is 2.08. The summed E-state index contributed by atoms with van der Waals surface area (Å²) in [5.41, 5.74) is 2.06. The van der Waals surface area contributed by atoms with Crippen LogP contribution < -0.4 is 5.32 Å². The summed E-state index contributed by atoms with van der Waals surface area (Å²) in [4.78, 5) is 0. The number of hydrogen-bond acceptors (Lipinski definition) is 1. The minimum absolute atomic E-state index is 0.0809. The second-order valence-electron chi connectivity index (χ2n) is 5.07. The third kappa shape index (κ3) is 2.99. The van der Waals surface area contributed by atoms with Crippen molar-refractivity contribution in [1.82, 2.24) is 0 Å². The van der Waals surface area contributed by atoms with E-state index in [0.717, 1.165) is 11.3 Å². The summed E-state index contributed by atoms with van der Waals surface area (Å²) in [5, 5.41) is 7.12. The van der Waals surface area contributed by atoms with Crippen LogP contribution in [0.4, 0.5) is 5.69 Å². The zero-order chi connectivity index (χ0) is 14.8. The Morgan fingerprint density at radius 1 is 0.857 bits per heavy atom. The molecule has 0 amide bonds. The lowest BCUT2D eigenvalue weighted by Crippen LogP contribution is -2.07. The molecule has 3 aromatic rings. The van der Waals surface area contributed by atoms with Crippen molar-refractivity contribution in [3.8, 4) is 0 Å². The van der Waals surface area contributed by atoms with Crippen LogP contribution in [0.3, 0.4) is 0 Å². The number of anilines is 1. The van der Waals surface area contributed by atoms with Crippen molar-refractivity contribution < 1.29 is 0 Å². The molecule has 3 rings (SSSR count). The molecule has 0 spiro atoms. The van der Waals surface area contributed by atoms with Crippen molar-refractivity contribution in [1.29, 1.82) is 0 Å². The summed E-state index contributed by atoms with van der Waals surface area (Å²) < 4.78 is 0. The highest BCUT2D eigenvalue weighted by atomic mass is 35.5. The fourth-order valence-corrected chi connectivity index (χ4v) is 2.93. The molecule has 0 aliphatic heterocycles. The van der Waals surface area contributed by atoms with Gasteiger partial charge in [0.05, 0.1) is 16.1 Å². The van der Waals surface area contributed by atoms with Gasteiger partial charge in [-0.25, -0.2) is 0 Å². The van der Waals surface area contributed by atoms with Gasteiger partial charge in [0, 0.05) is 5.69 Å². The Hall–Kier alpha value is -1.70. The Morgan fingerprint density at radius 2 is 1.62 bits per heavy atom. The van der Waals surface area contributed by atoms with Gasteiger partial charge in [-0.05, 0) is 41.5 Å². The molecule has 3 aromatic carbocycles. The van der Waals surface area contributed by atoms with E-state index in [4.69, 9.17) is 23.2 Å². The number of fused-ring (bicyclic) bond motifs is 1. The van der Waals surface area contributed by atoms with Gasteiger partial charge in [0.2, 0.25) is 0 Å². The molecule has 21 heavy (non-hydrogen) atoms. The van der Waals surface area contributed by atoms with Gasteiger partial charge in [0.25, 0.3) is 0 Å². The van der Waals surface area contributed by atoms with E-state index in [0.29, 0.717) is 10.0 Å². The second-order valence-corrected chi connectivity index (χ2v) is 5.86. The van der Waals surface area contributed by atoms with Crippen LogP contribution in [0.2, 0.25) is 10.0 Å². The average molecular weight is 316 g/mol. The monoisotopic (exact) mass is 315 g/mol. The third-order valence-electron chi connectivity index (χ3n) is 3.58. The van der Waals surface area contributed by atoms with Gasteiger partial charge >= 0.3 is 0 Å². The fourth-order valence-electron chi connectivity index (χ4n) is 2.46.